The largest absolute Gasteiger partial charge is 0.412 e. The van der Waals surface area contributed by atoms with Gasteiger partial charge in [-0.2, -0.15) is 0 Å². The first-order valence-electron chi connectivity index (χ1n) is 4.36. The molecule has 1 rings (SSSR count). The second-order valence-corrected chi connectivity index (χ2v) is 3.40. The van der Waals surface area contributed by atoms with Crippen molar-refractivity contribution in [2.45, 2.75) is 0 Å². The third-order valence-corrected chi connectivity index (χ3v) is 2.29. The SMILES string of the molecule is CNC(=O)Oc1ccc(C(=O)CBr)c(F)c1. The maximum atomic E-state index is 13.4. The number of nitrogens with one attached hydrogen (secondary N) is 1. The first-order valence-corrected chi connectivity index (χ1v) is 5.49. The van der Waals surface area contributed by atoms with Crippen LogP contribution < -0.4 is 10.1 Å². The number of ketones is 1. The van der Waals surface area contributed by atoms with Crippen LogP contribution in [-0.2, 0) is 0 Å². The normalized spacial score (nSPS) is 9.69. The molecule has 4 nitrogen and oxygen atoms in total. The number of benzene rings is 1. The van der Waals surface area contributed by atoms with Gasteiger partial charge in [-0.3, -0.25) is 4.79 Å². The van der Waals surface area contributed by atoms with Crippen molar-refractivity contribution in [2.24, 2.45) is 0 Å². The van der Waals surface area contributed by atoms with E-state index in [9.17, 15) is 14.0 Å². The third kappa shape index (κ3) is 3.03. The Morgan fingerprint density at radius 2 is 2.19 bits per heavy atom. The molecule has 6 heteroatoms. The summed E-state index contributed by atoms with van der Waals surface area (Å²) in [5.41, 5.74) is -0.0406. The van der Waals surface area contributed by atoms with Crippen molar-refractivity contribution in [3.8, 4) is 5.75 Å². The number of carbonyl (C=O) groups excluding carboxylic acids is 2. The van der Waals surface area contributed by atoms with E-state index in [2.05, 4.69) is 21.2 Å². The van der Waals surface area contributed by atoms with Gasteiger partial charge < -0.3 is 10.1 Å². The van der Waals surface area contributed by atoms with Crippen molar-refractivity contribution >= 4 is 27.8 Å². The Labute approximate surface area is 99.9 Å². The van der Waals surface area contributed by atoms with Crippen molar-refractivity contribution in [1.82, 2.24) is 5.32 Å². The smallest absolute Gasteiger partial charge is 0.410 e. The number of halogens is 2. The summed E-state index contributed by atoms with van der Waals surface area (Å²) in [7, 11) is 1.39. The van der Waals surface area contributed by atoms with Crippen LogP contribution in [0.5, 0.6) is 5.75 Å². The predicted molar refractivity (Wildman–Crippen MR) is 59.6 cm³/mol. The summed E-state index contributed by atoms with van der Waals surface area (Å²) in [5.74, 6) is -1.04. The lowest BCUT2D eigenvalue weighted by Gasteiger charge is -2.05. The van der Waals surface area contributed by atoms with Crippen molar-refractivity contribution in [3.63, 3.8) is 0 Å². The number of Topliss-reactive ketones (excluding diaryl/α,β-unsaturated/α-hetero) is 1. The number of hydrogen-bond donors (Lipinski definition) is 1. The fourth-order valence-electron chi connectivity index (χ4n) is 1.02. The van der Waals surface area contributed by atoms with E-state index >= 15 is 0 Å². The van der Waals surface area contributed by atoms with Crippen molar-refractivity contribution < 1.29 is 18.7 Å². The van der Waals surface area contributed by atoms with Gasteiger partial charge in [0.15, 0.2) is 5.78 Å². The summed E-state index contributed by atoms with van der Waals surface area (Å²) >= 11 is 2.94. The zero-order chi connectivity index (χ0) is 12.1. The van der Waals surface area contributed by atoms with Crippen LogP contribution in [0.4, 0.5) is 9.18 Å². The number of rotatable bonds is 3. The molecule has 0 spiro atoms. The maximum Gasteiger partial charge on any atom is 0.412 e. The molecule has 1 aromatic rings. The Morgan fingerprint density at radius 3 is 2.69 bits per heavy atom. The molecule has 0 unspecified atom stereocenters. The lowest BCUT2D eigenvalue weighted by atomic mass is 10.1. The summed E-state index contributed by atoms with van der Waals surface area (Å²) in [6, 6.07) is 3.62. The molecule has 0 saturated carbocycles. The average Bonchev–Trinajstić information content (AvgIpc) is 2.28. The fourth-order valence-corrected chi connectivity index (χ4v) is 1.32. The summed E-state index contributed by atoms with van der Waals surface area (Å²) in [6.45, 7) is 0. The third-order valence-electron chi connectivity index (χ3n) is 1.78. The quantitative estimate of drug-likeness (QED) is 0.685. The molecule has 1 N–H and O–H groups in total. The minimum absolute atomic E-state index is 0.0406. The first-order chi connectivity index (χ1) is 7.58. The number of carbonyl (C=O) groups is 2. The number of hydrogen-bond acceptors (Lipinski definition) is 3. The zero-order valence-electron chi connectivity index (χ0n) is 8.42. The van der Waals surface area contributed by atoms with Gasteiger partial charge in [-0.05, 0) is 12.1 Å². The van der Waals surface area contributed by atoms with E-state index < -0.39 is 11.9 Å². The van der Waals surface area contributed by atoms with Crippen LogP contribution in [0.3, 0.4) is 0 Å². The molecule has 0 atom stereocenters. The minimum Gasteiger partial charge on any atom is -0.410 e. The van der Waals surface area contributed by atoms with Gasteiger partial charge in [0.05, 0.1) is 10.9 Å². The molecular formula is C10H9BrFNO3. The Morgan fingerprint density at radius 1 is 1.50 bits per heavy atom. The molecular weight excluding hydrogens is 281 g/mol. The highest BCUT2D eigenvalue weighted by molar-refractivity contribution is 9.09. The lowest BCUT2D eigenvalue weighted by molar-refractivity contribution is 0.102. The van der Waals surface area contributed by atoms with E-state index in [1.165, 1.54) is 19.2 Å². The first kappa shape index (κ1) is 12.6. The molecule has 0 saturated heterocycles. The lowest BCUT2D eigenvalue weighted by Crippen LogP contribution is -2.22. The molecule has 0 aliphatic heterocycles. The molecule has 0 fully saturated rings. The molecule has 1 aromatic carbocycles. The van der Waals surface area contributed by atoms with Gasteiger partial charge >= 0.3 is 6.09 Å². The van der Waals surface area contributed by atoms with Gasteiger partial charge in [-0.15, -0.1) is 0 Å². The molecule has 0 radical (unpaired) electrons. The van der Waals surface area contributed by atoms with E-state index in [-0.39, 0.29) is 22.4 Å². The van der Waals surface area contributed by atoms with Gasteiger partial charge in [0.2, 0.25) is 0 Å². The van der Waals surface area contributed by atoms with Crippen LogP contribution in [0.2, 0.25) is 0 Å². The second-order valence-electron chi connectivity index (χ2n) is 2.84. The van der Waals surface area contributed by atoms with Crippen molar-refractivity contribution in [2.75, 3.05) is 12.4 Å². The Balaban J connectivity index is 2.91. The van der Waals surface area contributed by atoms with E-state index in [0.717, 1.165) is 6.07 Å². The molecule has 0 aliphatic rings. The molecule has 0 aliphatic carbocycles. The van der Waals surface area contributed by atoms with Gasteiger partial charge in [0.1, 0.15) is 11.6 Å². The molecule has 0 heterocycles. The Bertz CT molecular complexity index is 423. The summed E-state index contributed by atoms with van der Waals surface area (Å²) in [5, 5.41) is 2.26. The summed E-state index contributed by atoms with van der Waals surface area (Å²) < 4.78 is 18.1. The van der Waals surface area contributed by atoms with E-state index in [1.54, 1.807) is 0 Å². The number of alkyl halides is 1. The standard InChI is InChI=1S/C10H9BrFNO3/c1-13-10(15)16-6-2-3-7(8(12)4-6)9(14)5-11/h2-4H,5H2,1H3,(H,13,15). The highest BCUT2D eigenvalue weighted by atomic mass is 79.9. The monoisotopic (exact) mass is 289 g/mol. The highest BCUT2D eigenvalue weighted by Gasteiger charge is 2.12. The van der Waals surface area contributed by atoms with Crippen LogP contribution in [-0.4, -0.2) is 24.3 Å². The molecule has 16 heavy (non-hydrogen) atoms. The fraction of sp³-hybridized carbons (Fsp3) is 0.200. The van der Waals surface area contributed by atoms with Crippen molar-refractivity contribution in [1.29, 1.82) is 0 Å². The molecule has 0 bridgehead atoms. The Hall–Kier alpha value is -1.43. The minimum atomic E-state index is -0.717. The second kappa shape index (κ2) is 5.60. The molecule has 1 amide bonds. The average molecular weight is 290 g/mol. The van der Waals surface area contributed by atoms with Crippen molar-refractivity contribution in [3.05, 3.63) is 29.6 Å². The number of ether oxygens (including phenoxy) is 1. The van der Waals surface area contributed by atoms with E-state index in [4.69, 9.17) is 4.74 Å². The highest BCUT2D eigenvalue weighted by Crippen LogP contribution is 2.17. The Kier molecular flexibility index (Phi) is 4.42. The van der Waals surface area contributed by atoms with E-state index in [1.807, 2.05) is 0 Å². The van der Waals surface area contributed by atoms with Gasteiger partial charge in [0, 0.05) is 13.1 Å². The summed E-state index contributed by atoms with van der Waals surface area (Å²) in [6.07, 6.45) is -0.695. The van der Waals surface area contributed by atoms with Crippen LogP contribution >= 0.6 is 15.9 Å². The predicted octanol–water partition coefficient (Wildman–Crippen LogP) is 2.12. The van der Waals surface area contributed by atoms with Gasteiger partial charge in [-0.25, -0.2) is 9.18 Å². The topological polar surface area (TPSA) is 55.4 Å². The van der Waals surface area contributed by atoms with Crippen LogP contribution in [0.15, 0.2) is 18.2 Å². The van der Waals surface area contributed by atoms with Gasteiger partial charge in [-0.1, -0.05) is 15.9 Å². The van der Waals surface area contributed by atoms with Crippen LogP contribution in [0.25, 0.3) is 0 Å². The van der Waals surface area contributed by atoms with Crippen LogP contribution in [0, 0.1) is 5.82 Å². The zero-order valence-corrected chi connectivity index (χ0v) is 10.0. The summed E-state index contributed by atoms with van der Waals surface area (Å²) in [4.78, 5) is 22.1. The molecule has 86 valence electrons. The van der Waals surface area contributed by atoms with Gasteiger partial charge in [0.25, 0.3) is 0 Å². The van der Waals surface area contributed by atoms with E-state index in [0.29, 0.717) is 0 Å². The maximum absolute atomic E-state index is 13.4. The number of amides is 1. The molecule has 0 aromatic heterocycles. The van der Waals surface area contributed by atoms with Crippen LogP contribution in [0.1, 0.15) is 10.4 Å².